The van der Waals surface area contributed by atoms with Crippen LogP contribution < -0.4 is 16.4 Å². The van der Waals surface area contributed by atoms with Crippen molar-refractivity contribution in [3.63, 3.8) is 0 Å². The Morgan fingerprint density at radius 2 is 1.23 bits per heavy atom. The molecule has 0 saturated heterocycles. The van der Waals surface area contributed by atoms with Crippen molar-refractivity contribution in [3.8, 4) is 5.69 Å². The second kappa shape index (κ2) is 7.86. The molecule has 0 radical (unpaired) electrons. The Morgan fingerprint density at radius 3 is 2.00 bits per heavy atom. The van der Waals surface area contributed by atoms with Crippen LogP contribution in [0.5, 0.6) is 0 Å². The van der Waals surface area contributed by atoms with Gasteiger partial charge in [0.15, 0.2) is 0 Å². The third kappa shape index (κ3) is 2.59. The molecule has 40 heavy (non-hydrogen) atoms. The van der Waals surface area contributed by atoms with Gasteiger partial charge in [-0.2, -0.15) is 0 Å². The lowest BCUT2D eigenvalue weighted by molar-refractivity contribution is 0.749. The summed E-state index contributed by atoms with van der Waals surface area (Å²) in [7, 11) is 0. The summed E-state index contributed by atoms with van der Waals surface area (Å²) in [6.07, 6.45) is 0. The van der Waals surface area contributed by atoms with Crippen LogP contribution in [0.1, 0.15) is 27.8 Å². The van der Waals surface area contributed by atoms with Crippen molar-refractivity contribution in [2.45, 2.75) is 12.3 Å². The Hall–Kier alpha value is -4.82. The van der Waals surface area contributed by atoms with E-state index < -0.39 is 5.41 Å². The van der Waals surface area contributed by atoms with Gasteiger partial charge in [0.2, 0.25) is 6.71 Å². The fourth-order valence-electron chi connectivity index (χ4n) is 7.94. The number of rotatable bonds is 2. The summed E-state index contributed by atoms with van der Waals surface area (Å²) >= 11 is 0. The fourth-order valence-corrected chi connectivity index (χ4v) is 7.94. The van der Waals surface area contributed by atoms with Gasteiger partial charge < -0.3 is 4.57 Å². The smallest absolute Gasteiger partial charge is 0.247 e. The molecule has 2 aliphatic heterocycles. The molecule has 2 aliphatic rings. The Morgan fingerprint density at radius 1 is 0.550 bits per heavy atom. The number of nitrogens with zero attached hydrogens (tertiary/aromatic N) is 1. The molecule has 0 amide bonds. The van der Waals surface area contributed by atoms with Gasteiger partial charge in [-0.15, -0.1) is 0 Å². The molecule has 0 unspecified atom stereocenters. The number of aromatic nitrogens is 1. The summed E-state index contributed by atoms with van der Waals surface area (Å²) in [6, 6.07) is 52.3. The summed E-state index contributed by atoms with van der Waals surface area (Å²) in [6.45, 7) is 2.40. The van der Waals surface area contributed by atoms with Crippen LogP contribution >= 0.6 is 0 Å². The van der Waals surface area contributed by atoms with Gasteiger partial charge >= 0.3 is 0 Å². The van der Waals surface area contributed by atoms with Crippen LogP contribution in [0.4, 0.5) is 0 Å². The fraction of sp³-hybridized carbons (Fsp3) is 0.0526. The number of aryl methyl sites for hydroxylation is 1. The summed E-state index contributed by atoms with van der Waals surface area (Å²) in [4.78, 5) is 0. The molecular weight excluding hydrogens is 481 g/mol. The van der Waals surface area contributed by atoms with Gasteiger partial charge in [0.25, 0.3) is 0 Å². The zero-order chi connectivity index (χ0) is 26.4. The molecule has 1 aromatic heterocycles. The SMILES string of the molecule is Cc1ccc2c(c1)C(c1ccccc1)(c1ccccc1)c1cccc3c1B2c1cccc2c4ccccc4n-3c12. The monoisotopic (exact) mass is 507 g/mol. The van der Waals surface area contributed by atoms with Gasteiger partial charge in [0, 0.05) is 22.0 Å². The van der Waals surface area contributed by atoms with E-state index in [1.807, 2.05) is 0 Å². The highest BCUT2D eigenvalue weighted by Gasteiger charge is 2.50. The van der Waals surface area contributed by atoms with Crippen LogP contribution in [-0.4, -0.2) is 11.3 Å². The Balaban J connectivity index is 1.54. The van der Waals surface area contributed by atoms with Gasteiger partial charge in [0.05, 0.1) is 10.9 Å². The standard InChI is InChI=1S/C38H26BN/c1-25-22-23-32-31(24-25)38(26-12-4-2-5-13-26,27-14-6-3-7-15-27)30-18-11-21-35-36(30)39(32)33-19-10-17-29-28-16-8-9-20-34(28)40(35)37(29)33/h2-24H,1H3. The highest BCUT2D eigenvalue weighted by Crippen LogP contribution is 2.47. The predicted octanol–water partition coefficient (Wildman–Crippen LogP) is 6.62. The van der Waals surface area contributed by atoms with E-state index in [0.29, 0.717) is 0 Å². The van der Waals surface area contributed by atoms with Gasteiger partial charge in [0.1, 0.15) is 0 Å². The van der Waals surface area contributed by atoms with Gasteiger partial charge in [-0.3, -0.25) is 0 Å². The number of benzene rings is 6. The normalized spacial score (nSPS) is 14.3. The maximum atomic E-state index is 2.54. The molecule has 0 bridgehead atoms. The average Bonchev–Trinajstić information content (AvgIpc) is 3.35. The van der Waals surface area contributed by atoms with Crippen molar-refractivity contribution >= 4 is 44.9 Å². The first-order valence-electron chi connectivity index (χ1n) is 14.2. The molecule has 6 aromatic carbocycles. The minimum atomic E-state index is -0.430. The van der Waals surface area contributed by atoms with E-state index >= 15 is 0 Å². The van der Waals surface area contributed by atoms with Crippen molar-refractivity contribution in [1.82, 2.24) is 4.57 Å². The third-order valence-electron chi connectivity index (χ3n) is 9.39. The molecule has 0 fully saturated rings. The zero-order valence-corrected chi connectivity index (χ0v) is 22.3. The van der Waals surface area contributed by atoms with Crippen LogP contribution in [0.3, 0.4) is 0 Å². The maximum Gasteiger partial charge on any atom is 0.247 e. The van der Waals surface area contributed by atoms with E-state index in [-0.39, 0.29) is 6.71 Å². The van der Waals surface area contributed by atoms with Crippen molar-refractivity contribution in [3.05, 3.63) is 167 Å². The first kappa shape index (κ1) is 22.0. The molecule has 3 heterocycles. The summed E-state index contributed by atoms with van der Waals surface area (Å²) in [5.41, 5.74) is 14.4. The molecular formula is C38H26BN. The van der Waals surface area contributed by atoms with E-state index in [4.69, 9.17) is 0 Å². The molecule has 1 nitrogen and oxygen atoms in total. The number of fused-ring (bicyclic) bond motifs is 7. The average molecular weight is 507 g/mol. The Kier molecular flexibility index (Phi) is 4.34. The lowest BCUT2D eigenvalue weighted by Gasteiger charge is -2.46. The number of hydrogen-bond acceptors (Lipinski definition) is 0. The largest absolute Gasteiger partial charge is 0.310 e. The number of para-hydroxylation sites is 2. The number of hydrogen-bond donors (Lipinski definition) is 0. The summed E-state index contributed by atoms with van der Waals surface area (Å²) < 4.78 is 2.54. The minimum Gasteiger partial charge on any atom is -0.310 e. The summed E-state index contributed by atoms with van der Waals surface area (Å²) in [5, 5.41) is 2.65. The Labute approximate surface area is 234 Å². The highest BCUT2D eigenvalue weighted by molar-refractivity contribution is 6.99. The van der Waals surface area contributed by atoms with E-state index in [1.165, 1.54) is 71.7 Å². The van der Waals surface area contributed by atoms with Gasteiger partial charge in [-0.25, -0.2) is 0 Å². The molecule has 0 N–H and O–H groups in total. The highest BCUT2D eigenvalue weighted by atomic mass is 15.0. The molecule has 0 spiro atoms. The molecule has 0 aliphatic carbocycles. The predicted molar refractivity (Wildman–Crippen MR) is 168 cm³/mol. The first-order chi connectivity index (χ1) is 19.8. The quantitative estimate of drug-likeness (QED) is 0.232. The Bertz CT molecular complexity index is 2080. The molecule has 2 heteroatoms. The topological polar surface area (TPSA) is 4.93 Å². The van der Waals surface area contributed by atoms with Crippen molar-refractivity contribution in [2.75, 3.05) is 0 Å². The molecule has 0 saturated carbocycles. The van der Waals surface area contributed by atoms with Crippen molar-refractivity contribution < 1.29 is 0 Å². The van der Waals surface area contributed by atoms with E-state index in [0.717, 1.165) is 0 Å². The summed E-state index contributed by atoms with van der Waals surface area (Å²) in [5.74, 6) is 0. The van der Waals surface area contributed by atoms with Crippen molar-refractivity contribution in [1.29, 1.82) is 0 Å². The second-order valence-corrected chi connectivity index (χ2v) is 11.3. The molecule has 0 atom stereocenters. The molecule has 9 rings (SSSR count). The van der Waals surface area contributed by atoms with Crippen LogP contribution in [-0.2, 0) is 5.41 Å². The first-order valence-corrected chi connectivity index (χ1v) is 14.2. The van der Waals surface area contributed by atoms with Crippen molar-refractivity contribution in [2.24, 2.45) is 0 Å². The molecule has 186 valence electrons. The van der Waals surface area contributed by atoms with Gasteiger partial charge in [-0.1, -0.05) is 138 Å². The maximum absolute atomic E-state index is 2.54. The van der Waals surface area contributed by atoms with Crippen LogP contribution in [0, 0.1) is 6.92 Å². The molecule has 7 aromatic rings. The lowest BCUT2D eigenvalue weighted by Crippen LogP contribution is -2.64. The third-order valence-corrected chi connectivity index (χ3v) is 9.39. The minimum absolute atomic E-state index is 0.169. The zero-order valence-electron chi connectivity index (χ0n) is 22.3. The lowest BCUT2D eigenvalue weighted by atomic mass is 9.29. The second-order valence-electron chi connectivity index (χ2n) is 11.3. The van der Waals surface area contributed by atoms with E-state index in [1.54, 1.807) is 0 Å². The van der Waals surface area contributed by atoms with E-state index in [9.17, 15) is 0 Å². The van der Waals surface area contributed by atoms with Gasteiger partial charge in [-0.05, 0) is 52.2 Å². The van der Waals surface area contributed by atoms with Crippen LogP contribution in [0.25, 0.3) is 27.5 Å². The van der Waals surface area contributed by atoms with Crippen LogP contribution in [0.15, 0.2) is 140 Å². The van der Waals surface area contributed by atoms with E-state index in [2.05, 4.69) is 151 Å². The van der Waals surface area contributed by atoms with Crippen LogP contribution in [0.2, 0.25) is 0 Å².